The molecule has 0 bridgehead atoms. The van der Waals surface area contributed by atoms with Crippen LogP contribution in [0.3, 0.4) is 0 Å². The van der Waals surface area contributed by atoms with Crippen molar-refractivity contribution in [2.24, 2.45) is 5.73 Å². The summed E-state index contributed by atoms with van der Waals surface area (Å²) in [7, 11) is 0. The number of nitrogens with one attached hydrogen (secondary N) is 1. The van der Waals surface area contributed by atoms with E-state index in [9.17, 15) is 9.18 Å². The highest BCUT2D eigenvalue weighted by molar-refractivity contribution is 9.10. The van der Waals surface area contributed by atoms with E-state index in [-0.39, 0.29) is 12.2 Å². The van der Waals surface area contributed by atoms with Gasteiger partial charge < -0.3 is 15.8 Å². The molecule has 1 heterocycles. The quantitative estimate of drug-likeness (QED) is 0.678. The molecule has 1 aromatic heterocycles. The van der Waals surface area contributed by atoms with Gasteiger partial charge in [-0.3, -0.25) is 4.79 Å². The van der Waals surface area contributed by atoms with Crippen molar-refractivity contribution in [2.75, 3.05) is 6.61 Å². The molecule has 4 nitrogen and oxygen atoms in total. The number of H-pyrrole nitrogens is 1. The number of primary amides is 1. The molecule has 0 unspecified atom stereocenters. The third-order valence-electron chi connectivity index (χ3n) is 3.50. The highest BCUT2D eigenvalue weighted by Crippen LogP contribution is 2.35. The van der Waals surface area contributed by atoms with Crippen LogP contribution in [0.15, 0.2) is 28.7 Å². The topological polar surface area (TPSA) is 79.1 Å². The summed E-state index contributed by atoms with van der Waals surface area (Å²) >= 11 is 3.23. The Balaban J connectivity index is 2.41. The van der Waals surface area contributed by atoms with Gasteiger partial charge in [-0.2, -0.15) is 0 Å². The summed E-state index contributed by atoms with van der Waals surface area (Å²) in [5.41, 5.74) is 7.67. The van der Waals surface area contributed by atoms with Gasteiger partial charge in [-0.1, -0.05) is 12.1 Å². The summed E-state index contributed by atoms with van der Waals surface area (Å²) in [4.78, 5) is 14.6. The molecular weight excluding hydrogens is 339 g/mol. The van der Waals surface area contributed by atoms with E-state index in [0.29, 0.717) is 21.8 Å². The van der Waals surface area contributed by atoms with Crippen molar-refractivity contribution in [3.63, 3.8) is 0 Å². The molecule has 0 aliphatic heterocycles. The molecule has 0 saturated carbocycles. The first-order valence-corrected chi connectivity index (χ1v) is 7.15. The molecule has 2 aromatic carbocycles. The molecule has 0 aliphatic carbocycles. The van der Waals surface area contributed by atoms with Gasteiger partial charge in [0.05, 0.1) is 15.6 Å². The number of nitrogens with two attached hydrogens (primary N) is 1. The molecule has 4 N–H and O–H groups in total. The average Bonchev–Trinajstić information content (AvgIpc) is 2.81. The number of carbonyl (C=O) groups excluding carboxylic acids is 1. The Kier molecular flexibility index (Phi) is 3.43. The molecule has 108 valence electrons. The van der Waals surface area contributed by atoms with Crippen molar-refractivity contribution in [3.8, 4) is 0 Å². The van der Waals surface area contributed by atoms with Crippen LogP contribution in [0.2, 0.25) is 0 Å². The van der Waals surface area contributed by atoms with Gasteiger partial charge in [0.25, 0.3) is 5.91 Å². The zero-order chi connectivity index (χ0) is 15.1. The van der Waals surface area contributed by atoms with E-state index in [4.69, 9.17) is 10.8 Å². The maximum atomic E-state index is 14.0. The lowest BCUT2D eigenvalue weighted by Gasteiger charge is -2.03. The second-order valence-corrected chi connectivity index (χ2v) is 5.61. The van der Waals surface area contributed by atoms with E-state index < -0.39 is 11.7 Å². The van der Waals surface area contributed by atoms with Crippen LogP contribution in [0.1, 0.15) is 15.9 Å². The molecule has 3 aromatic rings. The number of hydrogen-bond donors (Lipinski definition) is 3. The first-order chi connectivity index (χ1) is 10.0. The summed E-state index contributed by atoms with van der Waals surface area (Å²) in [6.07, 6.45) is 0.531. The van der Waals surface area contributed by atoms with E-state index in [2.05, 4.69) is 20.9 Å². The van der Waals surface area contributed by atoms with Gasteiger partial charge in [0, 0.05) is 22.9 Å². The third kappa shape index (κ3) is 2.20. The monoisotopic (exact) mass is 350 g/mol. The van der Waals surface area contributed by atoms with E-state index in [1.165, 1.54) is 0 Å². The van der Waals surface area contributed by atoms with Crippen LogP contribution in [0.4, 0.5) is 4.39 Å². The minimum atomic E-state index is -0.687. The number of fused-ring (bicyclic) bond motifs is 3. The number of aromatic amines is 1. The van der Waals surface area contributed by atoms with E-state index in [1.807, 2.05) is 18.2 Å². The number of amides is 1. The first-order valence-electron chi connectivity index (χ1n) is 6.36. The van der Waals surface area contributed by atoms with Crippen molar-refractivity contribution in [1.82, 2.24) is 4.98 Å². The average molecular weight is 351 g/mol. The van der Waals surface area contributed by atoms with Crippen LogP contribution >= 0.6 is 15.9 Å². The van der Waals surface area contributed by atoms with Crippen molar-refractivity contribution < 1.29 is 14.3 Å². The minimum absolute atomic E-state index is 0.0522. The number of benzene rings is 2. The molecule has 6 heteroatoms. The molecular formula is C15H12BrFN2O2. The fourth-order valence-corrected chi connectivity index (χ4v) is 3.06. The second-order valence-electron chi connectivity index (χ2n) is 4.81. The van der Waals surface area contributed by atoms with Gasteiger partial charge in [0.2, 0.25) is 0 Å². The molecule has 0 spiro atoms. The predicted octanol–water partition coefficient (Wildman–Crippen LogP) is 2.86. The Labute approximate surface area is 127 Å². The van der Waals surface area contributed by atoms with Gasteiger partial charge in [0.15, 0.2) is 0 Å². The maximum absolute atomic E-state index is 14.0. The van der Waals surface area contributed by atoms with E-state index in [1.54, 1.807) is 0 Å². The molecule has 0 radical (unpaired) electrons. The molecule has 0 aliphatic rings. The standard InChI is InChI=1S/C15H12BrFN2O2/c16-13-10(17)6-9(15(18)21)14-12(13)8-2-1-7(3-4-20)5-11(8)19-14/h1-2,5-6,19-20H,3-4H2,(H2,18,21). The second kappa shape index (κ2) is 5.13. The fraction of sp³-hybridized carbons (Fsp3) is 0.133. The molecule has 21 heavy (non-hydrogen) atoms. The number of rotatable bonds is 3. The van der Waals surface area contributed by atoms with E-state index >= 15 is 0 Å². The molecule has 0 atom stereocenters. The number of halogens is 2. The van der Waals surface area contributed by atoms with E-state index in [0.717, 1.165) is 22.5 Å². The van der Waals surface area contributed by atoms with Crippen molar-refractivity contribution in [3.05, 3.63) is 45.7 Å². The normalized spacial score (nSPS) is 11.4. The maximum Gasteiger partial charge on any atom is 0.250 e. The van der Waals surface area contributed by atoms with Gasteiger partial charge in [-0.15, -0.1) is 0 Å². The number of hydrogen-bond acceptors (Lipinski definition) is 2. The highest BCUT2D eigenvalue weighted by atomic mass is 79.9. The van der Waals surface area contributed by atoms with Crippen LogP contribution in [0, 0.1) is 5.82 Å². The summed E-state index contributed by atoms with van der Waals surface area (Å²) in [6.45, 7) is 0.0522. The molecule has 0 saturated heterocycles. The Morgan fingerprint density at radius 2 is 2.14 bits per heavy atom. The smallest absolute Gasteiger partial charge is 0.250 e. The zero-order valence-corrected chi connectivity index (χ0v) is 12.5. The number of aromatic nitrogens is 1. The Morgan fingerprint density at radius 1 is 1.38 bits per heavy atom. The van der Waals surface area contributed by atoms with Crippen LogP contribution in [0.25, 0.3) is 21.8 Å². The Hall–Kier alpha value is -1.92. The zero-order valence-electron chi connectivity index (χ0n) is 10.9. The number of aliphatic hydroxyl groups is 1. The largest absolute Gasteiger partial charge is 0.396 e. The summed E-state index contributed by atoms with van der Waals surface area (Å²) in [5.74, 6) is -1.22. The molecule has 1 amide bonds. The summed E-state index contributed by atoms with van der Waals surface area (Å²) < 4.78 is 14.3. The lowest BCUT2D eigenvalue weighted by Crippen LogP contribution is -2.12. The lowest BCUT2D eigenvalue weighted by molar-refractivity contribution is 0.100. The SMILES string of the molecule is NC(=O)c1cc(F)c(Br)c2c1[nH]c1cc(CCO)ccc12. The molecule has 0 fully saturated rings. The fourth-order valence-electron chi connectivity index (χ4n) is 2.54. The summed E-state index contributed by atoms with van der Waals surface area (Å²) in [6, 6.07) is 6.71. The first kappa shape index (κ1) is 14.0. The third-order valence-corrected chi connectivity index (χ3v) is 4.27. The Bertz CT molecular complexity index is 873. The molecule has 3 rings (SSSR count). The van der Waals surface area contributed by atoms with Crippen LogP contribution in [0.5, 0.6) is 0 Å². The number of aliphatic hydroxyl groups excluding tert-OH is 1. The van der Waals surface area contributed by atoms with Gasteiger partial charge in [-0.05, 0) is 40.0 Å². The highest BCUT2D eigenvalue weighted by Gasteiger charge is 2.18. The minimum Gasteiger partial charge on any atom is -0.396 e. The predicted molar refractivity (Wildman–Crippen MR) is 82.8 cm³/mol. The van der Waals surface area contributed by atoms with Crippen LogP contribution < -0.4 is 5.73 Å². The van der Waals surface area contributed by atoms with Gasteiger partial charge in [-0.25, -0.2) is 4.39 Å². The van der Waals surface area contributed by atoms with Crippen LogP contribution in [-0.4, -0.2) is 22.6 Å². The lowest BCUT2D eigenvalue weighted by atomic mass is 10.1. The van der Waals surface area contributed by atoms with Gasteiger partial charge in [0.1, 0.15) is 5.82 Å². The van der Waals surface area contributed by atoms with Crippen molar-refractivity contribution in [1.29, 1.82) is 0 Å². The number of carbonyl (C=O) groups is 1. The van der Waals surface area contributed by atoms with Crippen molar-refractivity contribution >= 4 is 43.6 Å². The van der Waals surface area contributed by atoms with Crippen LogP contribution in [-0.2, 0) is 6.42 Å². The Morgan fingerprint density at radius 3 is 2.81 bits per heavy atom. The van der Waals surface area contributed by atoms with Crippen molar-refractivity contribution in [2.45, 2.75) is 6.42 Å². The van der Waals surface area contributed by atoms with Gasteiger partial charge >= 0.3 is 0 Å². The summed E-state index contributed by atoms with van der Waals surface area (Å²) in [5, 5.41) is 10.4.